The average Bonchev–Trinajstić information content (AvgIpc) is 3.25. The van der Waals surface area contributed by atoms with Gasteiger partial charge in [0.1, 0.15) is 17.2 Å². The number of ether oxygens (including phenoxy) is 3. The van der Waals surface area contributed by atoms with Crippen LogP contribution in [-0.4, -0.2) is 36.4 Å². The van der Waals surface area contributed by atoms with Crippen LogP contribution in [0.1, 0.15) is 24.8 Å². The highest BCUT2D eigenvalue weighted by Crippen LogP contribution is 2.31. The molecule has 8 heteroatoms. The van der Waals surface area contributed by atoms with Crippen molar-refractivity contribution >= 4 is 5.91 Å². The topological polar surface area (TPSA) is 95.7 Å². The Balaban J connectivity index is 1.63. The van der Waals surface area contributed by atoms with Crippen LogP contribution in [0.25, 0.3) is 11.4 Å². The Morgan fingerprint density at radius 3 is 2.50 bits per heavy atom. The van der Waals surface area contributed by atoms with E-state index in [1.54, 1.807) is 32.4 Å². The zero-order valence-electron chi connectivity index (χ0n) is 17.5. The zero-order valence-corrected chi connectivity index (χ0v) is 17.5. The molecule has 1 N–H and O–H groups in total. The van der Waals surface area contributed by atoms with Gasteiger partial charge in [0.15, 0.2) is 6.10 Å². The van der Waals surface area contributed by atoms with E-state index in [1.165, 1.54) is 0 Å². The van der Waals surface area contributed by atoms with Gasteiger partial charge in [-0.3, -0.25) is 4.79 Å². The number of carbonyl (C=O) groups is 1. The number of rotatable bonds is 9. The molecule has 1 atom stereocenters. The van der Waals surface area contributed by atoms with E-state index in [9.17, 15) is 4.79 Å². The second kappa shape index (κ2) is 9.78. The normalized spacial score (nSPS) is 11.6. The summed E-state index contributed by atoms with van der Waals surface area (Å²) in [5.74, 6) is 2.26. The van der Waals surface area contributed by atoms with Gasteiger partial charge in [0, 0.05) is 6.07 Å². The minimum absolute atomic E-state index is 0.0953. The van der Waals surface area contributed by atoms with Gasteiger partial charge in [0.05, 0.1) is 26.3 Å². The van der Waals surface area contributed by atoms with Gasteiger partial charge >= 0.3 is 0 Å². The summed E-state index contributed by atoms with van der Waals surface area (Å²) in [4.78, 5) is 16.8. The van der Waals surface area contributed by atoms with Crippen LogP contribution in [-0.2, 0) is 11.3 Å². The van der Waals surface area contributed by atoms with Gasteiger partial charge in [-0.15, -0.1) is 0 Å². The van der Waals surface area contributed by atoms with Gasteiger partial charge in [0.2, 0.25) is 11.7 Å². The van der Waals surface area contributed by atoms with Crippen LogP contribution in [0, 0.1) is 6.92 Å². The average molecular weight is 411 g/mol. The van der Waals surface area contributed by atoms with E-state index in [-0.39, 0.29) is 18.3 Å². The number of nitrogens with one attached hydrogen (secondary N) is 1. The van der Waals surface area contributed by atoms with E-state index < -0.39 is 6.10 Å². The third kappa shape index (κ3) is 5.08. The zero-order chi connectivity index (χ0) is 21.5. The summed E-state index contributed by atoms with van der Waals surface area (Å²) in [5, 5.41) is 6.76. The van der Waals surface area contributed by atoms with Crippen molar-refractivity contribution in [2.75, 3.05) is 14.2 Å². The fourth-order valence-electron chi connectivity index (χ4n) is 2.80. The molecular weight excluding hydrogens is 386 g/mol. The monoisotopic (exact) mass is 411 g/mol. The Morgan fingerprint density at radius 1 is 1.10 bits per heavy atom. The van der Waals surface area contributed by atoms with Crippen LogP contribution in [0.5, 0.6) is 17.2 Å². The fourth-order valence-corrected chi connectivity index (χ4v) is 2.80. The number of benzene rings is 2. The SMILES string of the molecule is CC[C@H](Oc1ccc(C)cc1)C(=O)NCc1nc(-c2ccc(OC)cc2OC)no1. The van der Waals surface area contributed by atoms with Crippen molar-refractivity contribution in [2.45, 2.75) is 32.9 Å². The number of aryl methyl sites for hydroxylation is 1. The molecule has 0 saturated carbocycles. The Labute approximate surface area is 175 Å². The third-order valence-electron chi connectivity index (χ3n) is 4.49. The molecule has 2 aromatic carbocycles. The Kier molecular flexibility index (Phi) is 6.90. The molecule has 0 fully saturated rings. The first-order valence-electron chi connectivity index (χ1n) is 9.60. The molecule has 0 aliphatic heterocycles. The van der Waals surface area contributed by atoms with E-state index in [1.807, 2.05) is 38.1 Å². The van der Waals surface area contributed by atoms with Gasteiger partial charge in [0.25, 0.3) is 5.91 Å². The number of hydrogen-bond acceptors (Lipinski definition) is 7. The van der Waals surface area contributed by atoms with Crippen molar-refractivity contribution in [3.8, 4) is 28.6 Å². The Hall–Kier alpha value is -3.55. The molecular formula is C22H25N3O5. The first-order valence-corrected chi connectivity index (χ1v) is 9.60. The van der Waals surface area contributed by atoms with Gasteiger partial charge in [-0.2, -0.15) is 4.98 Å². The van der Waals surface area contributed by atoms with E-state index >= 15 is 0 Å². The highest BCUT2D eigenvalue weighted by molar-refractivity contribution is 5.81. The van der Waals surface area contributed by atoms with Crippen LogP contribution in [0.3, 0.4) is 0 Å². The van der Waals surface area contributed by atoms with Gasteiger partial charge in [-0.1, -0.05) is 29.8 Å². The lowest BCUT2D eigenvalue weighted by Crippen LogP contribution is -2.37. The third-order valence-corrected chi connectivity index (χ3v) is 4.49. The highest BCUT2D eigenvalue weighted by atomic mass is 16.5. The second-order valence-corrected chi connectivity index (χ2v) is 6.62. The molecule has 0 bridgehead atoms. The van der Waals surface area contributed by atoms with E-state index in [0.29, 0.717) is 35.1 Å². The van der Waals surface area contributed by atoms with Crippen molar-refractivity contribution in [2.24, 2.45) is 0 Å². The van der Waals surface area contributed by atoms with Crippen molar-refractivity contribution < 1.29 is 23.5 Å². The maximum Gasteiger partial charge on any atom is 0.261 e. The summed E-state index contributed by atoms with van der Waals surface area (Å²) < 4.78 is 21.6. The molecule has 0 aliphatic rings. The molecule has 158 valence electrons. The van der Waals surface area contributed by atoms with Crippen molar-refractivity contribution in [3.63, 3.8) is 0 Å². The summed E-state index contributed by atoms with van der Waals surface area (Å²) in [5.41, 5.74) is 1.79. The predicted octanol–water partition coefficient (Wildman–Crippen LogP) is 3.54. The van der Waals surface area contributed by atoms with E-state index in [2.05, 4.69) is 15.5 Å². The molecule has 1 aromatic heterocycles. The van der Waals surface area contributed by atoms with Gasteiger partial charge in [-0.05, 0) is 37.6 Å². The minimum Gasteiger partial charge on any atom is -0.497 e. The molecule has 1 heterocycles. The lowest BCUT2D eigenvalue weighted by Gasteiger charge is -2.16. The van der Waals surface area contributed by atoms with Crippen LogP contribution in [0.4, 0.5) is 0 Å². The molecule has 0 aliphatic carbocycles. The lowest BCUT2D eigenvalue weighted by atomic mass is 10.2. The number of hydrogen-bond donors (Lipinski definition) is 1. The Morgan fingerprint density at radius 2 is 1.83 bits per heavy atom. The molecule has 0 radical (unpaired) electrons. The van der Waals surface area contributed by atoms with Gasteiger partial charge in [-0.25, -0.2) is 0 Å². The van der Waals surface area contributed by atoms with E-state index in [4.69, 9.17) is 18.7 Å². The smallest absolute Gasteiger partial charge is 0.261 e. The first-order chi connectivity index (χ1) is 14.5. The summed E-state index contributed by atoms with van der Waals surface area (Å²) in [6, 6.07) is 12.9. The Bertz CT molecular complexity index is 985. The second-order valence-electron chi connectivity index (χ2n) is 6.62. The van der Waals surface area contributed by atoms with Crippen LogP contribution in [0.15, 0.2) is 47.0 Å². The number of amides is 1. The van der Waals surface area contributed by atoms with Crippen molar-refractivity contribution in [3.05, 3.63) is 53.9 Å². The van der Waals surface area contributed by atoms with Crippen LogP contribution >= 0.6 is 0 Å². The first kappa shape index (κ1) is 21.2. The molecule has 0 unspecified atom stereocenters. The summed E-state index contributed by atoms with van der Waals surface area (Å²) in [7, 11) is 3.13. The summed E-state index contributed by atoms with van der Waals surface area (Å²) in [6.45, 7) is 3.98. The number of methoxy groups -OCH3 is 2. The summed E-state index contributed by atoms with van der Waals surface area (Å²) >= 11 is 0. The maximum absolute atomic E-state index is 12.5. The molecule has 3 rings (SSSR count). The molecule has 3 aromatic rings. The molecule has 30 heavy (non-hydrogen) atoms. The van der Waals surface area contributed by atoms with Crippen molar-refractivity contribution in [1.82, 2.24) is 15.5 Å². The standard InChI is InChI=1S/C22H25N3O5/c1-5-18(29-15-8-6-14(2)7-9-15)22(26)23-13-20-24-21(25-30-20)17-11-10-16(27-3)12-19(17)28-4/h6-12,18H,5,13H2,1-4H3,(H,23,26)/t18-/m0/s1. The number of aromatic nitrogens is 2. The molecule has 8 nitrogen and oxygen atoms in total. The maximum atomic E-state index is 12.5. The highest BCUT2D eigenvalue weighted by Gasteiger charge is 2.20. The molecule has 1 amide bonds. The minimum atomic E-state index is -0.614. The van der Waals surface area contributed by atoms with Crippen LogP contribution in [0.2, 0.25) is 0 Å². The number of carbonyl (C=O) groups excluding carboxylic acids is 1. The lowest BCUT2D eigenvalue weighted by molar-refractivity contribution is -0.128. The quantitative estimate of drug-likeness (QED) is 0.575. The summed E-state index contributed by atoms with van der Waals surface area (Å²) in [6.07, 6.45) is -0.0885. The number of nitrogens with zero attached hydrogens (tertiary/aromatic N) is 2. The van der Waals surface area contributed by atoms with Crippen molar-refractivity contribution in [1.29, 1.82) is 0 Å². The van der Waals surface area contributed by atoms with E-state index in [0.717, 1.165) is 5.56 Å². The largest absolute Gasteiger partial charge is 0.497 e. The van der Waals surface area contributed by atoms with Gasteiger partial charge < -0.3 is 24.1 Å². The van der Waals surface area contributed by atoms with Crippen LogP contribution < -0.4 is 19.5 Å². The predicted molar refractivity (Wildman–Crippen MR) is 111 cm³/mol. The fraction of sp³-hybridized carbons (Fsp3) is 0.318. The molecule has 0 saturated heterocycles. The molecule has 0 spiro atoms.